The molecular weight excluding hydrogens is 448 g/mol. The zero-order valence-electron chi connectivity index (χ0n) is 19.7. The number of rotatable bonds is 9. The molecule has 0 aliphatic heterocycles. The number of anilines is 1. The molecule has 0 saturated heterocycles. The van der Waals surface area contributed by atoms with Crippen LogP contribution in [0.1, 0.15) is 47.3 Å². The molecule has 1 aromatic heterocycles. The SMILES string of the molecule is CCC(CNC(=O)OCC1c2ccccc2-c2ccccc21)CC(=O)Nc1cc(C(=O)O)nn1C. The van der Waals surface area contributed by atoms with E-state index in [1.807, 2.05) is 31.2 Å². The fourth-order valence-corrected chi connectivity index (χ4v) is 4.38. The number of alkyl carbamates (subject to hydrolysis) is 1. The molecule has 9 heteroatoms. The number of carbonyl (C=O) groups is 3. The van der Waals surface area contributed by atoms with Crippen LogP contribution in [0.25, 0.3) is 11.1 Å². The van der Waals surface area contributed by atoms with Crippen molar-refractivity contribution >= 4 is 23.8 Å². The number of nitrogens with zero attached hydrogens (tertiary/aromatic N) is 2. The highest BCUT2D eigenvalue weighted by atomic mass is 16.5. The molecule has 3 N–H and O–H groups in total. The number of nitrogens with one attached hydrogen (secondary N) is 2. The molecule has 0 saturated carbocycles. The first-order chi connectivity index (χ1) is 16.9. The average Bonchev–Trinajstić information content (AvgIpc) is 3.38. The number of aromatic nitrogens is 2. The normalized spacial score (nSPS) is 13.0. The molecule has 1 aliphatic rings. The topological polar surface area (TPSA) is 123 Å². The van der Waals surface area contributed by atoms with Crippen LogP contribution in [0.5, 0.6) is 0 Å². The van der Waals surface area contributed by atoms with Crippen LogP contribution in [-0.2, 0) is 16.6 Å². The van der Waals surface area contributed by atoms with Gasteiger partial charge >= 0.3 is 12.1 Å². The molecule has 4 rings (SSSR count). The van der Waals surface area contributed by atoms with Gasteiger partial charge in [0.25, 0.3) is 0 Å². The fraction of sp³-hybridized carbons (Fsp3) is 0.308. The highest BCUT2D eigenvalue weighted by Crippen LogP contribution is 2.44. The van der Waals surface area contributed by atoms with E-state index in [0.717, 1.165) is 22.3 Å². The third-order valence-corrected chi connectivity index (χ3v) is 6.30. The van der Waals surface area contributed by atoms with Gasteiger partial charge in [-0.05, 0) is 28.2 Å². The summed E-state index contributed by atoms with van der Waals surface area (Å²) in [6, 6.07) is 17.6. The number of ether oxygens (including phenoxy) is 1. The van der Waals surface area contributed by atoms with E-state index >= 15 is 0 Å². The van der Waals surface area contributed by atoms with Crippen LogP contribution in [0.2, 0.25) is 0 Å². The first kappa shape index (κ1) is 24.0. The molecule has 0 radical (unpaired) electrons. The predicted octanol–water partition coefficient (Wildman–Crippen LogP) is 4.01. The van der Waals surface area contributed by atoms with E-state index in [9.17, 15) is 14.4 Å². The van der Waals surface area contributed by atoms with Crippen LogP contribution in [0.15, 0.2) is 54.6 Å². The van der Waals surface area contributed by atoms with Crippen molar-refractivity contribution in [3.8, 4) is 11.1 Å². The lowest BCUT2D eigenvalue weighted by atomic mass is 9.98. The summed E-state index contributed by atoms with van der Waals surface area (Å²) in [5, 5.41) is 18.3. The highest BCUT2D eigenvalue weighted by Gasteiger charge is 2.29. The van der Waals surface area contributed by atoms with Gasteiger partial charge in [-0.2, -0.15) is 5.10 Å². The summed E-state index contributed by atoms with van der Waals surface area (Å²) in [7, 11) is 1.55. The summed E-state index contributed by atoms with van der Waals surface area (Å²) >= 11 is 0. The molecule has 0 bridgehead atoms. The summed E-state index contributed by atoms with van der Waals surface area (Å²) < 4.78 is 6.86. The van der Waals surface area contributed by atoms with Crippen LogP contribution >= 0.6 is 0 Å². The van der Waals surface area contributed by atoms with E-state index in [1.165, 1.54) is 10.7 Å². The molecule has 35 heavy (non-hydrogen) atoms. The van der Waals surface area contributed by atoms with E-state index < -0.39 is 12.1 Å². The Bertz CT molecular complexity index is 1210. The van der Waals surface area contributed by atoms with E-state index in [2.05, 4.69) is 40.0 Å². The monoisotopic (exact) mass is 476 g/mol. The van der Waals surface area contributed by atoms with Gasteiger partial charge in [0, 0.05) is 32.0 Å². The summed E-state index contributed by atoms with van der Waals surface area (Å²) in [5.41, 5.74) is 4.47. The number of carbonyl (C=O) groups excluding carboxylic acids is 2. The molecule has 2 aromatic carbocycles. The molecule has 2 amide bonds. The lowest BCUT2D eigenvalue weighted by Crippen LogP contribution is -2.32. The second kappa shape index (κ2) is 10.4. The van der Waals surface area contributed by atoms with Crippen molar-refractivity contribution in [3.05, 3.63) is 71.4 Å². The van der Waals surface area contributed by atoms with Gasteiger partial charge in [0.05, 0.1) is 0 Å². The number of hydrogen-bond donors (Lipinski definition) is 3. The number of fused-ring (bicyclic) bond motifs is 3. The van der Waals surface area contributed by atoms with Gasteiger partial charge < -0.3 is 20.5 Å². The molecule has 1 unspecified atom stereocenters. The maximum absolute atomic E-state index is 12.4. The second-order valence-electron chi connectivity index (χ2n) is 8.58. The minimum Gasteiger partial charge on any atom is -0.476 e. The van der Waals surface area contributed by atoms with Gasteiger partial charge in [0.1, 0.15) is 12.4 Å². The van der Waals surface area contributed by atoms with Crippen LogP contribution in [0.3, 0.4) is 0 Å². The largest absolute Gasteiger partial charge is 0.476 e. The number of benzene rings is 2. The third kappa shape index (κ3) is 5.34. The summed E-state index contributed by atoms with van der Waals surface area (Å²) in [5.74, 6) is -1.28. The molecule has 182 valence electrons. The van der Waals surface area contributed by atoms with E-state index in [1.54, 1.807) is 7.05 Å². The van der Waals surface area contributed by atoms with E-state index in [0.29, 0.717) is 12.2 Å². The molecule has 1 heterocycles. The lowest BCUT2D eigenvalue weighted by molar-refractivity contribution is -0.117. The fourth-order valence-electron chi connectivity index (χ4n) is 4.38. The summed E-state index contributed by atoms with van der Waals surface area (Å²) in [4.78, 5) is 35.9. The summed E-state index contributed by atoms with van der Waals surface area (Å²) in [6.07, 6.45) is 0.305. The van der Waals surface area contributed by atoms with Gasteiger partial charge in [-0.3, -0.25) is 9.48 Å². The van der Waals surface area contributed by atoms with E-state index in [4.69, 9.17) is 9.84 Å². The van der Waals surface area contributed by atoms with Crippen molar-refractivity contribution in [2.45, 2.75) is 25.7 Å². The Hall–Kier alpha value is -4.14. The van der Waals surface area contributed by atoms with Crippen LogP contribution in [-0.4, -0.2) is 46.0 Å². The minimum atomic E-state index is -1.17. The zero-order valence-corrected chi connectivity index (χ0v) is 19.7. The average molecular weight is 477 g/mol. The van der Waals surface area contributed by atoms with Crippen LogP contribution in [0, 0.1) is 5.92 Å². The maximum atomic E-state index is 12.4. The van der Waals surface area contributed by atoms with Crippen molar-refractivity contribution < 1.29 is 24.2 Å². The molecular formula is C26H28N4O5. The highest BCUT2D eigenvalue weighted by molar-refractivity contribution is 5.92. The second-order valence-corrected chi connectivity index (χ2v) is 8.58. The number of aryl methyl sites for hydroxylation is 1. The van der Waals surface area contributed by atoms with Gasteiger partial charge in [-0.25, -0.2) is 9.59 Å². The number of carboxylic acids is 1. The third-order valence-electron chi connectivity index (χ3n) is 6.30. The predicted molar refractivity (Wildman–Crippen MR) is 130 cm³/mol. The number of aromatic carboxylic acids is 1. The van der Waals surface area contributed by atoms with Gasteiger partial charge in [0.2, 0.25) is 5.91 Å². The number of amides is 2. The first-order valence-corrected chi connectivity index (χ1v) is 11.5. The van der Waals surface area contributed by atoms with Crippen molar-refractivity contribution in [1.82, 2.24) is 15.1 Å². The van der Waals surface area contributed by atoms with Gasteiger partial charge in [-0.1, -0.05) is 61.9 Å². The number of carboxylic acid groups (broad SMARTS) is 1. The Morgan fingerprint density at radius 3 is 2.29 bits per heavy atom. The standard InChI is InChI=1S/C26H28N4O5/c1-3-16(12-24(31)28-23-13-22(25(32)33)29-30(23)2)14-27-26(34)35-15-21-19-10-6-4-8-17(19)18-9-5-7-11-20(18)21/h4-11,13,16,21H,3,12,14-15H2,1-2H3,(H,27,34)(H,28,31)(H,32,33). The first-order valence-electron chi connectivity index (χ1n) is 11.5. The Labute approximate surface area is 203 Å². The zero-order chi connectivity index (χ0) is 24.9. The van der Waals surface area contributed by atoms with Crippen LogP contribution in [0.4, 0.5) is 10.6 Å². The number of hydrogen-bond acceptors (Lipinski definition) is 5. The maximum Gasteiger partial charge on any atom is 0.407 e. The van der Waals surface area contributed by atoms with E-state index in [-0.39, 0.29) is 43.0 Å². The molecule has 9 nitrogen and oxygen atoms in total. The molecule has 0 spiro atoms. The van der Waals surface area contributed by atoms with Crippen molar-refractivity contribution in [3.63, 3.8) is 0 Å². The molecule has 1 aliphatic carbocycles. The van der Waals surface area contributed by atoms with Crippen molar-refractivity contribution in [1.29, 1.82) is 0 Å². The van der Waals surface area contributed by atoms with Crippen molar-refractivity contribution in [2.75, 3.05) is 18.5 Å². The Balaban J connectivity index is 1.28. The minimum absolute atomic E-state index is 0.0181. The molecule has 3 aromatic rings. The summed E-state index contributed by atoms with van der Waals surface area (Å²) in [6.45, 7) is 2.44. The van der Waals surface area contributed by atoms with Crippen molar-refractivity contribution in [2.24, 2.45) is 13.0 Å². The van der Waals surface area contributed by atoms with Gasteiger partial charge in [-0.15, -0.1) is 0 Å². The molecule has 0 fully saturated rings. The Morgan fingerprint density at radius 1 is 1.09 bits per heavy atom. The van der Waals surface area contributed by atoms with Gasteiger partial charge in [0.15, 0.2) is 5.69 Å². The van der Waals surface area contributed by atoms with Crippen LogP contribution < -0.4 is 10.6 Å². The Kier molecular flexibility index (Phi) is 7.14. The quantitative estimate of drug-likeness (QED) is 0.429. The smallest absolute Gasteiger partial charge is 0.407 e. The lowest BCUT2D eigenvalue weighted by Gasteiger charge is -2.17. The Morgan fingerprint density at radius 2 is 1.71 bits per heavy atom. The molecule has 1 atom stereocenters.